The second-order valence-electron chi connectivity index (χ2n) is 10.2. The van der Waals surface area contributed by atoms with Crippen molar-refractivity contribution in [3.8, 4) is 11.1 Å². The fraction of sp³-hybridized carbons (Fsp3) is 0.300. The van der Waals surface area contributed by atoms with E-state index in [1.54, 1.807) is 0 Å². The highest BCUT2D eigenvalue weighted by atomic mass is 16.4. The number of rotatable bonds is 8. The number of carboxylic acid groups (broad SMARTS) is 1. The Morgan fingerprint density at radius 3 is 2.20 bits per heavy atom. The molecule has 1 atom stereocenters. The third kappa shape index (κ3) is 5.68. The molecule has 0 fully saturated rings. The molecule has 0 aliphatic rings. The van der Waals surface area contributed by atoms with E-state index in [0.29, 0.717) is 12.0 Å². The Hall–Kier alpha value is -3.73. The number of carboxylic acids is 1. The van der Waals surface area contributed by atoms with Crippen LogP contribution in [0.15, 0.2) is 72.9 Å². The molecule has 1 unspecified atom stereocenters. The van der Waals surface area contributed by atoms with Crippen LogP contribution in [0.2, 0.25) is 0 Å². The van der Waals surface area contributed by atoms with Gasteiger partial charge in [0, 0.05) is 30.0 Å². The molecule has 180 valence electrons. The molecule has 1 N–H and O–H groups in total. The van der Waals surface area contributed by atoms with Crippen LogP contribution in [-0.2, 0) is 10.2 Å². The maximum absolute atomic E-state index is 12.3. The van der Waals surface area contributed by atoms with E-state index in [4.69, 9.17) is 10.2 Å². The lowest BCUT2D eigenvalue weighted by Crippen LogP contribution is -2.10. The average Bonchev–Trinajstić information content (AvgIpc) is 3.26. The Morgan fingerprint density at radius 1 is 0.914 bits per heavy atom. The van der Waals surface area contributed by atoms with Crippen molar-refractivity contribution in [1.29, 1.82) is 0 Å². The summed E-state index contributed by atoms with van der Waals surface area (Å²) >= 11 is 0. The molecular weight excluding hydrogens is 436 g/mol. The van der Waals surface area contributed by atoms with E-state index < -0.39 is 5.97 Å². The van der Waals surface area contributed by atoms with E-state index in [9.17, 15) is 9.59 Å². The first-order chi connectivity index (χ1) is 16.6. The summed E-state index contributed by atoms with van der Waals surface area (Å²) in [6.07, 6.45) is 2.68. The smallest absolute Gasteiger partial charge is 0.303 e. The molecule has 0 radical (unpaired) electrons. The maximum Gasteiger partial charge on any atom is 0.303 e. The van der Waals surface area contributed by atoms with Crippen LogP contribution in [0, 0.1) is 0 Å². The molecule has 4 rings (SSSR count). The molecule has 0 aliphatic carbocycles. The summed E-state index contributed by atoms with van der Waals surface area (Å²) in [5, 5.41) is 14.6. The topological polar surface area (TPSA) is 72.2 Å². The summed E-state index contributed by atoms with van der Waals surface area (Å²) in [6, 6.07) is 22.6. The number of ketones is 1. The van der Waals surface area contributed by atoms with Gasteiger partial charge in [-0.3, -0.25) is 14.3 Å². The SMILES string of the molecule is CC(c1ccc(C(=O)CCCC(=O)O)cc1)n1cc2cc(-c3ccc(C(C)(C)C)cc3)ccc2n1. The zero-order valence-corrected chi connectivity index (χ0v) is 20.8. The van der Waals surface area contributed by atoms with E-state index in [1.165, 1.54) is 11.1 Å². The number of hydrogen-bond acceptors (Lipinski definition) is 3. The predicted molar refractivity (Wildman–Crippen MR) is 140 cm³/mol. The van der Waals surface area contributed by atoms with Crippen molar-refractivity contribution in [2.24, 2.45) is 0 Å². The van der Waals surface area contributed by atoms with Crippen molar-refractivity contribution >= 4 is 22.7 Å². The van der Waals surface area contributed by atoms with Gasteiger partial charge in [0.05, 0.1) is 11.6 Å². The molecule has 0 aliphatic heterocycles. The molecular formula is C30H32N2O3. The minimum absolute atomic E-state index is 0.00748. The zero-order valence-electron chi connectivity index (χ0n) is 20.8. The molecule has 5 heteroatoms. The summed E-state index contributed by atoms with van der Waals surface area (Å²) in [6.45, 7) is 8.74. The molecule has 4 aromatic rings. The standard InChI is InChI=1S/C30H32N2O3/c1-20(21-8-10-23(11-9-21)28(33)6-5-7-29(34)35)32-19-25-18-24(14-17-27(25)31-32)22-12-15-26(16-13-22)30(2,3)4/h8-20H,5-7H2,1-4H3,(H,34,35). The van der Waals surface area contributed by atoms with E-state index in [2.05, 4.69) is 76.4 Å². The van der Waals surface area contributed by atoms with Gasteiger partial charge < -0.3 is 5.11 Å². The van der Waals surface area contributed by atoms with Crippen LogP contribution in [0.25, 0.3) is 22.0 Å². The Balaban J connectivity index is 1.50. The minimum Gasteiger partial charge on any atom is -0.481 e. The fourth-order valence-corrected chi connectivity index (χ4v) is 4.23. The van der Waals surface area contributed by atoms with Crippen LogP contribution < -0.4 is 0 Å². The summed E-state index contributed by atoms with van der Waals surface area (Å²) in [5.74, 6) is -0.905. The Kier molecular flexibility index (Phi) is 6.88. The number of Topliss-reactive ketones (excluding diaryl/α,β-unsaturated/α-hetero) is 1. The van der Waals surface area contributed by atoms with Crippen LogP contribution in [0.4, 0.5) is 0 Å². The number of carbonyl (C=O) groups is 2. The van der Waals surface area contributed by atoms with Crippen LogP contribution in [0.1, 0.15) is 74.5 Å². The highest BCUT2D eigenvalue weighted by Gasteiger charge is 2.15. The molecule has 3 aromatic carbocycles. The summed E-state index contributed by atoms with van der Waals surface area (Å²) < 4.78 is 1.96. The summed E-state index contributed by atoms with van der Waals surface area (Å²) in [5.41, 5.74) is 6.40. The van der Waals surface area contributed by atoms with Gasteiger partial charge in [-0.25, -0.2) is 0 Å². The van der Waals surface area contributed by atoms with Gasteiger partial charge in [0.25, 0.3) is 0 Å². The number of carbonyl (C=O) groups excluding carboxylic acids is 1. The number of hydrogen-bond donors (Lipinski definition) is 1. The van der Waals surface area contributed by atoms with Crippen molar-refractivity contribution in [2.75, 3.05) is 0 Å². The average molecular weight is 469 g/mol. The maximum atomic E-state index is 12.3. The zero-order chi connectivity index (χ0) is 25.2. The van der Waals surface area contributed by atoms with Crippen LogP contribution in [-0.4, -0.2) is 26.6 Å². The number of benzene rings is 3. The minimum atomic E-state index is -0.876. The first-order valence-electron chi connectivity index (χ1n) is 12.1. The third-order valence-corrected chi connectivity index (χ3v) is 6.51. The van der Waals surface area contributed by atoms with Gasteiger partial charge in [-0.15, -0.1) is 0 Å². The molecule has 0 bridgehead atoms. The van der Waals surface area contributed by atoms with Crippen molar-refractivity contribution in [3.63, 3.8) is 0 Å². The number of nitrogens with zero attached hydrogens (tertiary/aromatic N) is 2. The Morgan fingerprint density at radius 2 is 1.57 bits per heavy atom. The quantitative estimate of drug-likeness (QED) is 0.281. The number of fused-ring (bicyclic) bond motifs is 1. The highest BCUT2D eigenvalue weighted by molar-refractivity contribution is 5.96. The number of aromatic nitrogens is 2. The largest absolute Gasteiger partial charge is 0.481 e. The van der Waals surface area contributed by atoms with Gasteiger partial charge in [-0.2, -0.15) is 5.10 Å². The van der Waals surface area contributed by atoms with Crippen molar-refractivity contribution < 1.29 is 14.7 Å². The summed E-state index contributed by atoms with van der Waals surface area (Å²) in [4.78, 5) is 23.0. The van der Waals surface area contributed by atoms with Gasteiger partial charge in [-0.1, -0.05) is 75.4 Å². The molecule has 1 aromatic heterocycles. The molecule has 0 saturated heterocycles. The van der Waals surface area contributed by atoms with Crippen LogP contribution in [0.5, 0.6) is 0 Å². The van der Waals surface area contributed by atoms with Gasteiger partial charge in [0.1, 0.15) is 0 Å². The monoisotopic (exact) mass is 468 g/mol. The predicted octanol–water partition coefficient (Wildman–Crippen LogP) is 7.05. The van der Waals surface area contributed by atoms with Crippen molar-refractivity contribution in [3.05, 3.63) is 89.6 Å². The summed E-state index contributed by atoms with van der Waals surface area (Å²) in [7, 11) is 0. The molecule has 0 saturated carbocycles. The molecule has 0 amide bonds. The van der Waals surface area contributed by atoms with Gasteiger partial charge in [0.2, 0.25) is 0 Å². The van der Waals surface area contributed by atoms with Gasteiger partial charge >= 0.3 is 5.97 Å². The molecule has 35 heavy (non-hydrogen) atoms. The second kappa shape index (κ2) is 9.87. The lowest BCUT2D eigenvalue weighted by atomic mass is 9.86. The first-order valence-corrected chi connectivity index (χ1v) is 12.1. The van der Waals surface area contributed by atoms with Gasteiger partial charge in [0.15, 0.2) is 5.78 Å². The van der Waals surface area contributed by atoms with Gasteiger partial charge in [-0.05, 0) is 53.1 Å². The van der Waals surface area contributed by atoms with Crippen LogP contribution in [0.3, 0.4) is 0 Å². The van der Waals surface area contributed by atoms with Crippen LogP contribution >= 0.6 is 0 Å². The lowest BCUT2D eigenvalue weighted by Gasteiger charge is -2.19. The second-order valence-corrected chi connectivity index (χ2v) is 10.2. The van der Waals surface area contributed by atoms with Crippen molar-refractivity contribution in [1.82, 2.24) is 9.78 Å². The molecule has 0 spiro atoms. The highest BCUT2D eigenvalue weighted by Crippen LogP contribution is 2.29. The van der Waals surface area contributed by atoms with E-state index in [0.717, 1.165) is 22.0 Å². The Labute approximate surface area is 206 Å². The lowest BCUT2D eigenvalue weighted by molar-refractivity contribution is -0.137. The van der Waals surface area contributed by atoms with E-state index >= 15 is 0 Å². The molecule has 5 nitrogen and oxygen atoms in total. The number of aliphatic carboxylic acids is 1. The third-order valence-electron chi connectivity index (χ3n) is 6.51. The van der Waals surface area contributed by atoms with E-state index in [-0.39, 0.29) is 30.1 Å². The first kappa shape index (κ1) is 24.4. The Bertz CT molecular complexity index is 1340. The van der Waals surface area contributed by atoms with Crippen molar-refractivity contribution in [2.45, 2.75) is 58.4 Å². The fourth-order valence-electron chi connectivity index (χ4n) is 4.23. The molecule has 1 heterocycles. The van der Waals surface area contributed by atoms with E-state index in [1.807, 2.05) is 28.9 Å². The normalized spacial score (nSPS) is 12.6.